The minimum atomic E-state index is -0.163. The predicted octanol–water partition coefficient (Wildman–Crippen LogP) is 3.63. The van der Waals surface area contributed by atoms with Crippen LogP contribution < -0.4 is 0 Å². The molecule has 0 bridgehead atoms. The Morgan fingerprint density at radius 3 is 2.28 bits per heavy atom. The number of aromatic hydroxyl groups is 1. The molecule has 0 aliphatic carbocycles. The standard InChI is InChI=1S/C15H20N2O/c1-10-8-6-7-9-12(10)13-14(18)11(2)16-17(13)15(3,4)5/h6-9,18H,1-5H3. The number of hydrogen-bond donors (Lipinski definition) is 1. The van der Waals surface area contributed by atoms with Crippen molar-refractivity contribution in [3.8, 4) is 17.0 Å². The van der Waals surface area contributed by atoms with Crippen molar-refractivity contribution in [2.24, 2.45) is 0 Å². The quantitative estimate of drug-likeness (QED) is 0.832. The topological polar surface area (TPSA) is 38.1 Å². The van der Waals surface area contributed by atoms with Gasteiger partial charge in [-0.25, -0.2) is 0 Å². The van der Waals surface area contributed by atoms with E-state index in [1.165, 1.54) is 0 Å². The van der Waals surface area contributed by atoms with Gasteiger partial charge in [-0.2, -0.15) is 5.10 Å². The molecule has 2 aromatic rings. The molecular weight excluding hydrogens is 224 g/mol. The fourth-order valence-corrected chi connectivity index (χ4v) is 2.08. The lowest BCUT2D eigenvalue weighted by Crippen LogP contribution is -2.24. The van der Waals surface area contributed by atoms with Crippen molar-refractivity contribution in [2.45, 2.75) is 40.2 Å². The van der Waals surface area contributed by atoms with Crippen molar-refractivity contribution in [3.05, 3.63) is 35.5 Å². The van der Waals surface area contributed by atoms with Gasteiger partial charge in [0.15, 0.2) is 5.75 Å². The molecular formula is C15H20N2O. The molecule has 0 atom stereocenters. The SMILES string of the molecule is Cc1ccccc1-c1c(O)c(C)nn1C(C)(C)C. The van der Waals surface area contributed by atoms with Crippen LogP contribution in [0, 0.1) is 13.8 Å². The number of aromatic nitrogens is 2. The molecule has 3 nitrogen and oxygen atoms in total. The minimum Gasteiger partial charge on any atom is -0.504 e. The van der Waals surface area contributed by atoms with E-state index in [9.17, 15) is 5.11 Å². The van der Waals surface area contributed by atoms with E-state index in [-0.39, 0.29) is 11.3 Å². The molecule has 0 saturated heterocycles. The summed E-state index contributed by atoms with van der Waals surface area (Å²) in [5.74, 6) is 0.277. The third-order valence-electron chi connectivity index (χ3n) is 3.06. The molecule has 1 heterocycles. The van der Waals surface area contributed by atoms with Crippen LogP contribution in [0.2, 0.25) is 0 Å². The summed E-state index contributed by atoms with van der Waals surface area (Å²) in [7, 11) is 0. The van der Waals surface area contributed by atoms with Crippen molar-refractivity contribution < 1.29 is 5.11 Å². The normalized spacial score (nSPS) is 11.8. The number of benzene rings is 1. The molecule has 1 aromatic carbocycles. The van der Waals surface area contributed by atoms with Crippen molar-refractivity contribution in [2.75, 3.05) is 0 Å². The first-order valence-electron chi connectivity index (χ1n) is 6.17. The average Bonchev–Trinajstić information content (AvgIpc) is 2.57. The Kier molecular flexibility index (Phi) is 2.93. The number of aryl methyl sites for hydroxylation is 2. The van der Waals surface area contributed by atoms with E-state index in [4.69, 9.17) is 0 Å². The summed E-state index contributed by atoms with van der Waals surface area (Å²) in [5.41, 5.74) is 3.48. The number of nitrogens with zero attached hydrogens (tertiary/aromatic N) is 2. The molecule has 0 aliphatic heterocycles. The molecule has 0 aliphatic rings. The van der Waals surface area contributed by atoms with Crippen molar-refractivity contribution in [3.63, 3.8) is 0 Å². The maximum absolute atomic E-state index is 10.3. The Morgan fingerprint density at radius 1 is 1.11 bits per heavy atom. The van der Waals surface area contributed by atoms with Crippen molar-refractivity contribution in [1.82, 2.24) is 9.78 Å². The monoisotopic (exact) mass is 244 g/mol. The summed E-state index contributed by atoms with van der Waals surface area (Å²) < 4.78 is 1.90. The Labute approximate surface area is 108 Å². The van der Waals surface area contributed by atoms with Crippen LogP contribution in [-0.4, -0.2) is 14.9 Å². The average molecular weight is 244 g/mol. The highest BCUT2D eigenvalue weighted by Crippen LogP contribution is 2.36. The molecule has 3 heteroatoms. The van der Waals surface area contributed by atoms with Crippen molar-refractivity contribution >= 4 is 0 Å². The molecule has 18 heavy (non-hydrogen) atoms. The summed E-state index contributed by atoms with van der Waals surface area (Å²) in [6.45, 7) is 10.1. The Balaban J connectivity index is 2.75. The summed E-state index contributed by atoms with van der Waals surface area (Å²) in [4.78, 5) is 0. The van der Waals surface area contributed by atoms with E-state index < -0.39 is 0 Å². The highest BCUT2D eigenvalue weighted by atomic mass is 16.3. The van der Waals surface area contributed by atoms with Crippen LogP contribution in [0.4, 0.5) is 0 Å². The molecule has 96 valence electrons. The number of hydrogen-bond acceptors (Lipinski definition) is 2. The van der Waals surface area contributed by atoms with E-state index in [2.05, 4.69) is 25.9 Å². The van der Waals surface area contributed by atoms with Gasteiger partial charge in [-0.15, -0.1) is 0 Å². The van der Waals surface area contributed by atoms with Crippen LogP contribution in [0.5, 0.6) is 5.75 Å². The maximum Gasteiger partial charge on any atom is 0.164 e. The molecule has 0 unspecified atom stereocenters. The molecule has 1 aromatic heterocycles. The Bertz CT molecular complexity index is 577. The molecule has 0 spiro atoms. The van der Waals surface area contributed by atoms with Gasteiger partial charge in [0.25, 0.3) is 0 Å². The van der Waals surface area contributed by atoms with Crippen molar-refractivity contribution in [1.29, 1.82) is 0 Å². The fraction of sp³-hybridized carbons (Fsp3) is 0.400. The summed E-state index contributed by atoms with van der Waals surface area (Å²) in [5, 5.41) is 14.7. The van der Waals surface area contributed by atoms with Crippen LogP contribution in [-0.2, 0) is 5.54 Å². The van der Waals surface area contributed by atoms with Gasteiger partial charge in [0.05, 0.1) is 5.54 Å². The van der Waals surface area contributed by atoms with E-state index in [1.807, 2.05) is 42.8 Å². The van der Waals surface area contributed by atoms with Gasteiger partial charge >= 0.3 is 0 Å². The Morgan fingerprint density at radius 2 is 1.72 bits per heavy atom. The van der Waals surface area contributed by atoms with Gasteiger partial charge in [-0.3, -0.25) is 4.68 Å². The van der Waals surface area contributed by atoms with Gasteiger partial charge in [-0.05, 0) is 40.2 Å². The van der Waals surface area contributed by atoms with Crippen LogP contribution in [0.3, 0.4) is 0 Å². The zero-order valence-corrected chi connectivity index (χ0v) is 11.7. The fourth-order valence-electron chi connectivity index (χ4n) is 2.08. The molecule has 0 radical (unpaired) electrons. The van der Waals surface area contributed by atoms with Gasteiger partial charge in [0, 0.05) is 5.56 Å². The van der Waals surface area contributed by atoms with Crippen LogP contribution >= 0.6 is 0 Å². The summed E-state index contributed by atoms with van der Waals surface area (Å²) in [6, 6.07) is 8.05. The first-order valence-corrected chi connectivity index (χ1v) is 6.17. The lowest BCUT2D eigenvalue weighted by atomic mass is 10.0. The zero-order valence-electron chi connectivity index (χ0n) is 11.7. The third-order valence-corrected chi connectivity index (χ3v) is 3.06. The highest BCUT2D eigenvalue weighted by molar-refractivity contribution is 5.70. The lowest BCUT2D eigenvalue weighted by Gasteiger charge is -2.23. The smallest absolute Gasteiger partial charge is 0.164 e. The second-order valence-corrected chi connectivity index (χ2v) is 5.68. The predicted molar refractivity (Wildman–Crippen MR) is 73.8 cm³/mol. The van der Waals surface area contributed by atoms with Crippen LogP contribution in [0.15, 0.2) is 24.3 Å². The van der Waals surface area contributed by atoms with E-state index in [1.54, 1.807) is 0 Å². The first kappa shape index (κ1) is 12.7. The van der Waals surface area contributed by atoms with Gasteiger partial charge < -0.3 is 5.11 Å². The van der Waals surface area contributed by atoms with Crippen LogP contribution in [0.25, 0.3) is 11.3 Å². The van der Waals surface area contributed by atoms with Crippen LogP contribution in [0.1, 0.15) is 32.0 Å². The molecule has 2 rings (SSSR count). The summed E-state index contributed by atoms with van der Waals surface area (Å²) >= 11 is 0. The summed E-state index contributed by atoms with van der Waals surface area (Å²) in [6.07, 6.45) is 0. The third kappa shape index (κ3) is 2.01. The van der Waals surface area contributed by atoms with Gasteiger partial charge in [-0.1, -0.05) is 24.3 Å². The maximum atomic E-state index is 10.3. The second kappa shape index (κ2) is 4.16. The molecule has 1 N–H and O–H groups in total. The minimum absolute atomic E-state index is 0.163. The van der Waals surface area contributed by atoms with E-state index in [0.29, 0.717) is 5.69 Å². The van der Waals surface area contributed by atoms with E-state index >= 15 is 0 Å². The molecule has 0 saturated carbocycles. The first-order chi connectivity index (χ1) is 8.32. The zero-order chi connectivity index (χ0) is 13.5. The number of rotatable bonds is 1. The second-order valence-electron chi connectivity index (χ2n) is 5.68. The lowest BCUT2D eigenvalue weighted by molar-refractivity contribution is 0.357. The van der Waals surface area contributed by atoms with Gasteiger partial charge in [0.2, 0.25) is 0 Å². The highest BCUT2D eigenvalue weighted by Gasteiger charge is 2.24. The molecule has 0 fully saturated rings. The molecule has 0 amide bonds. The van der Waals surface area contributed by atoms with Gasteiger partial charge in [0.1, 0.15) is 11.4 Å². The van der Waals surface area contributed by atoms with E-state index in [0.717, 1.165) is 16.8 Å². The largest absolute Gasteiger partial charge is 0.504 e. The Hall–Kier alpha value is -1.77.